The molecule has 8 nitrogen and oxygen atoms in total. The van der Waals surface area contributed by atoms with Gasteiger partial charge < -0.3 is 5.32 Å². The van der Waals surface area contributed by atoms with E-state index in [4.69, 9.17) is 0 Å². The predicted octanol–water partition coefficient (Wildman–Crippen LogP) is 2.89. The summed E-state index contributed by atoms with van der Waals surface area (Å²) in [4.78, 5) is 50.3. The topological polar surface area (TPSA) is 110 Å². The van der Waals surface area contributed by atoms with Crippen molar-refractivity contribution in [3.63, 3.8) is 0 Å². The molecule has 0 radical (unpaired) electrons. The van der Waals surface area contributed by atoms with E-state index in [0.29, 0.717) is 24.2 Å². The molecule has 1 fully saturated rings. The second-order valence-corrected chi connectivity index (χ2v) is 9.71. The summed E-state index contributed by atoms with van der Waals surface area (Å²) >= 11 is 3.29. The fraction of sp³-hybridized carbons (Fsp3) is 0.286. The molecular weight excluding hydrogens is 434 g/mol. The van der Waals surface area contributed by atoms with E-state index in [9.17, 15) is 14.4 Å². The van der Waals surface area contributed by atoms with Crippen molar-refractivity contribution in [1.82, 2.24) is 24.8 Å². The third-order valence-electron chi connectivity index (χ3n) is 5.14. The second kappa shape index (κ2) is 7.86. The van der Waals surface area contributed by atoms with Gasteiger partial charge in [-0.2, -0.15) is 0 Å². The van der Waals surface area contributed by atoms with E-state index in [2.05, 4.69) is 32.4 Å². The van der Waals surface area contributed by atoms with Crippen molar-refractivity contribution in [3.8, 4) is 10.6 Å². The van der Waals surface area contributed by atoms with Gasteiger partial charge in [0, 0.05) is 29.0 Å². The van der Waals surface area contributed by atoms with E-state index >= 15 is 0 Å². The van der Waals surface area contributed by atoms with Crippen LogP contribution in [0.1, 0.15) is 39.1 Å². The van der Waals surface area contributed by atoms with Crippen LogP contribution in [-0.2, 0) is 6.42 Å². The summed E-state index contributed by atoms with van der Waals surface area (Å²) in [7, 11) is 0. The Morgan fingerprint density at radius 1 is 1.32 bits per heavy atom. The molecule has 5 rings (SSSR count). The van der Waals surface area contributed by atoms with Crippen LogP contribution >= 0.6 is 22.7 Å². The Morgan fingerprint density at radius 3 is 2.90 bits per heavy atom. The van der Waals surface area contributed by atoms with Crippen LogP contribution < -0.4 is 16.6 Å². The van der Waals surface area contributed by atoms with Gasteiger partial charge in [-0.1, -0.05) is 0 Å². The zero-order valence-electron chi connectivity index (χ0n) is 16.7. The average molecular weight is 454 g/mol. The predicted molar refractivity (Wildman–Crippen MR) is 121 cm³/mol. The van der Waals surface area contributed by atoms with Gasteiger partial charge in [0.1, 0.15) is 5.65 Å². The molecule has 1 amide bonds. The third-order valence-corrected chi connectivity index (χ3v) is 7.08. The summed E-state index contributed by atoms with van der Waals surface area (Å²) in [6.07, 6.45) is 3.89. The van der Waals surface area contributed by atoms with Gasteiger partial charge in [0.15, 0.2) is 0 Å². The van der Waals surface area contributed by atoms with Crippen molar-refractivity contribution in [2.24, 2.45) is 0 Å². The van der Waals surface area contributed by atoms with Crippen LogP contribution in [0.3, 0.4) is 0 Å². The summed E-state index contributed by atoms with van der Waals surface area (Å²) in [6.45, 7) is 2.45. The first-order chi connectivity index (χ1) is 15.0. The fourth-order valence-corrected chi connectivity index (χ4v) is 5.12. The number of nitrogens with zero attached hydrogens (tertiary/aromatic N) is 3. The minimum absolute atomic E-state index is 0.0721. The maximum Gasteiger partial charge on any atom is 0.330 e. The molecular formula is C21H19N5O3S2. The number of hydrogen-bond acceptors (Lipinski definition) is 7. The van der Waals surface area contributed by atoms with Gasteiger partial charge in [-0.25, -0.2) is 14.8 Å². The van der Waals surface area contributed by atoms with Gasteiger partial charge in [0.2, 0.25) is 0 Å². The number of carbonyl (C=O) groups is 1. The Bertz CT molecular complexity index is 1410. The number of amides is 1. The van der Waals surface area contributed by atoms with Gasteiger partial charge in [-0.05, 0) is 44.4 Å². The zero-order chi connectivity index (χ0) is 21.5. The Morgan fingerprint density at radius 2 is 2.16 bits per heavy atom. The molecule has 4 aromatic rings. The van der Waals surface area contributed by atoms with Crippen LogP contribution in [0.5, 0.6) is 0 Å². The van der Waals surface area contributed by atoms with Crippen LogP contribution in [-0.4, -0.2) is 32.0 Å². The Balaban J connectivity index is 1.28. The van der Waals surface area contributed by atoms with E-state index in [0.717, 1.165) is 33.3 Å². The molecule has 0 bridgehead atoms. The lowest BCUT2D eigenvalue weighted by molar-refractivity contribution is 0.0954. The molecule has 4 aromatic heterocycles. The van der Waals surface area contributed by atoms with E-state index in [-0.39, 0.29) is 17.3 Å². The minimum atomic E-state index is -0.526. The maximum absolute atomic E-state index is 12.6. The highest BCUT2D eigenvalue weighted by molar-refractivity contribution is 7.16. The second-order valence-electron chi connectivity index (χ2n) is 7.48. The van der Waals surface area contributed by atoms with E-state index < -0.39 is 11.2 Å². The lowest BCUT2D eigenvalue weighted by Crippen LogP contribution is -2.31. The summed E-state index contributed by atoms with van der Waals surface area (Å²) < 4.78 is 1.51. The number of aromatic nitrogens is 4. The maximum atomic E-state index is 12.6. The van der Waals surface area contributed by atoms with E-state index in [1.807, 2.05) is 12.3 Å². The number of H-pyrrole nitrogens is 1. The molecule has 158 valence electrons. The third kappa shape index (κ3) is 3.96. The molecule has 0 aliphatic heterocycles. The number of thiophene rings is 1. The lowest BCUT2D eigenvalue weighted by atomic mass is 10.2. The Hall–Kier alpha value is -3.11. The van der Waals surface area contributed by atoms with Gasteiger partial charge in [0.05, 0.1) is 26.5 Å². The molecule has 10 heteroatoms. The molecule has 1 aliphatic carbocycles. The van der Waals surface area contributed by atoms with Crippen LogP contribution in [0.2, 0.25) is 0 Å². The molecule has 2 N–H and O–H groups in total. The van der Waals surface area contributed by atoms with Gasteiger partial charge in [-0.3, -0.25) is 19.1 Å². The van der Waals surface area contributed by atoms with Crippen molar-refractivity contribution < 1.29 is 4.79 Å². The number of nitrogens with one attached hydrogen (secondary N) is 2. The molecule has 0 saturated heterocycles. The Labute approximate surface area is 184 Å². The quantitative estimate of drug-likeness (QED) is 0.467. The van der Waals surface area contributed by atoms with Crippen LogP contribution in [0.25, 0.3) is 21.6 Å². The number of hydrogen-bond donors (Lipinski definition) is 2. The van der Waals surface area contributed by atoms with Crippen molar-refractivity contribution in [1.29, 1.82) is 0 Å². The standard InChI is InChI=1S/C21H19N5O3S2/c1-11-24-16(10-30-11)17-5-4-14(31-17)6-7-22-19(27)12-8-15-18(23-9-12)26(13-2-3-13)21(29)25-20(15)28/h4-5,8-10,13H,2-3,6-7H2,1H3,(H,22,27)(H,25,28,29). The summed E-state index contributed by atoms with van der Waals surface area (Å²) in [5, 5.41) is 6.21. The van der Waals surface area contributed by atoms with Crippen LogP contribution in [0.4, 0.5) is 0 Å². The summed E-state index contributed by atoms with van der Waals surface area (Å²) in [5.74, 6) is -0.301. The normalized spacial score (nSPS) is 13.6. The first-order valence-corrected chi connectivity index (χ1v) is 11.6. The molecule has 0 spiro atoms. The van der Waals surface area contributed by atoms with Crippen molar-refractivity contribution in [3.05, 3.63) is 66.1 Å². The van der Waals surface area contributed by atoms with Gasteiger partial charge in [-0.15, -0.1) is 22.7 Å². The fourth-order valence-electron chi connectivity index (χ4n) is 3.46. The number of fused-ring (bicyclic) bond motifs is 1. The summed E-state index contributed by atoms with van der Waals surface area (Å²) in [5.41, 5.74) is 0.634. The van der Waals surface area contributed by atoms with Crippen LogP contribution in [0, 0.1) is 6.92 Å². The molecule has 31 heavy (non-hydrogen) atoms. The first kappa shape index (κ1) is 19.8. The average Bonchev–Trinajstić information content (AvgIpc) is 3.30. The SMILES string of the molecule is Cc1nc(-c2ccc(CCNC(=O)c3cnc4c(c3)c(=O)[nH]c(=O)n4C3CC3)s2)cs1. The van der Waals surface area contributed by atoms with E-state index in [1.165, 1.54) is 16.8 Å². The minimum Gasteiger partial charge on any atom is -0.352 e. The highest BCUT2D eigenvalue weighted by atomic mass is 32.1. The van der Waals surface area contributed by atoms with Gasteiger partial charge >= 0.3 is 5.69 Å². The smallest absolute Gasteiger partial charge is 0.330 e. The molecule has 0 aromatic carbocycles. The van der Waals surface area contributed by atoms with Crippen molar-refractivity contribution in [2.45, 2.75) is 32.2 Å². The number of aryl methyl sites for hydroxylation is 1. The number of aromatic amines is 1. The first-order valence-electron chi connectivity index (χ1n) is 9.93. The molecule has 1 aliphatic rings. The highest BCUT2D eigenvalue weighted by Gasteiger charge is 2.27. The Kier molecular flexibility index (Phi) is 5.03. The van der Waals surface area contributed by atoms with E-state index in [1.54, 1.807) is 22.7 Å². The molecule has 0 atom stereocenters. The zero-order valence-corrected chi connectivity index (χ0v) is 18.3. The highest BCUT2D eigenvalue weighted by Crippen LogP contribution is 2.34. The van der Waals surface area contributed by atoms with Crippen molar-refractivity contribution >= 4 is 39.6 Å². The van der Waals surface area contributed by atoms with Crippen LogP contribution in [0.15, 0.2) is 39.4 Å². The van der Waals surface area contributed by atoms with Crippen molar-refractivity contribution in [2.75, 3.05) is 6.54 Å². The van der Waals surface area contributed by atoms with Gasteiger partial charge in [0.25, 0.3) is 11.5 Å². The monoisotopic (exact) mass is 453 g/mol. The number of rotatable bonds is 6. The molecule has 4 heterocycles. The number of carbonyl (C=O) groups excluding carboxylic acids is 1. The number of pyridine rings is 1. The summed E-state index contributed by atoms with van der Waals surface area (Å²) in [6, 6.07) is 5.68. The molecule has 0 unspecified atom stereocenters. The molecule has 1 saturated carbocycles. The largest absolute Gasteiger partial charge is 0.352 e. The lowest BCUT2D eigenvalue weighted by Gasteiger charge is -2.09. The number of thiazole rings is 1.